The molecule has 1 saturated heterocycles. The van der Waals surface area contributed by atoms with E-state index in [0.29, 0.717) is 15.3 Å². The molecule has 0 aromatic carbocycles. The normalized spacial score (nSPS) is 22.1. The molecular weight excluding hydrogens is 401 g/mol. The Morgan fingerprint density at radius 3 is 2.00 bits per heavy atom. The van der Waals surface area contributed by atoms with Gasteiger partial charge in [-0.2, -0.15) is 0 Å². The molecule has 0 bridgehead atoms. The molecule has 2 N–H and O–H groups in total. The molecule has 1 aliphatic rings. The highest BCUT2D eigenvalue weighted by molar-refractivity contribution is 8.11. The van der Waals surface area contributed by atoms with Gasteiger partial charge in [-0.3, -0.25) is 0 Å². The maximum absolute atomic E-state index is 5.83. The van der Waals surface area contributed by atoms with Crippen molar-refractivity contribution in [3.8, 4) is 0 Å². The van der Waals surface area contributed by atoms with Crippen molar-refractivity contribution in [3.63, 3.8) is 0 Å². The van der Waals surface area contributed by atoms with E-state index < -0.39 is 8.56 Å². The Bertz CT molecular complexity index is 382. The summed E-state index contributed by atoms with van der Waals surface area (Å²) in [7, 11) is 3.22. The van der Waals surface area contributed by atoms with Gasteiger partial charge in [0.05, 0.1) is 6.67 Å². The topological polar surface area (TPSA) is 51.8 Å². The van der Waals surface area contributed by atoms with Gasteiger partial charge in [0.1, 0.15) is 13.9 Å². The Hall–Kier alpha value is 0.577. The summed E-state index contributed by atoms with van der Waals surface area (Å²) in [5.74, 6) is 0. The third-order valence-electron chi connectivity index (χ3n) is 4.21. The van der Waals surface area contributed by atoms with Gasteiger partial charge in [0.25, 0.3) is 0 Å². The fourth-order valence-electron chi connectivity index (χ4n) is 3.12. The maximum atomic E-state index is 5.83. The summed E-state index contributed by atoms with van der Waals surface area (Å²) in [6.45, 7) is 2.67. The van der Waals surface area contributed by atoms with Crippen molar-refractivity contribution in [1.82, 2.24) is 10.6 Å². The first-order valence-corrected chi connectivity index (χ1v) is 11.7. The van der Waals surface area contributed by atoms with Gasteiger partial charge >= 0.3 is 8.56 Å². The summed E-state index contributed by atoms with van der Waals surface area (Å²) in [6.07, 6.45) is 5.70. The summed E-state index contributed by atoms with van der Waals surface area (Å²) in [6, 6.07) is 1.06. The first kappa shape index (κ1) is 24.6. The van der Waals surface area contributed by atoms with Crippen molar-refractivity contribution in [1.29, 1.82) is 0 Å². The molecule has 5 nitrogen and oxygen atoms in total. The minimum atomic E-state index is -2.15. The molecule has 1 aliphatic heterocycles. The second-order valence-corrected chi connectivity index (χ2v) is 11.5. The van der Waals surface area contributed by atoms with E-state index in [-0.39, 0.29) is 5.22 Å². The van der Waals surface area contributed by atoms with E-state index in [0.717, 1.165) is 25.3 Å². The minimum Gasteiger partial charge on any atom is -0.396 e. The Labute approximate surface area is 169 Å². The first-order chi connectivity index (χ1) is 11.3. The van der Waals surface area contributed by atoms with Crippen LogP contribution in [-0.2, 0) is 13.6 Å². The van der Waals surface area contributed by atoms with Crippen molar-refractivity contribution in [2.24, 2.45) is 0 Å². The highest BCUT2D eigenvalue weighted by Gasteiger charge is 2.58. The fraction of sp³-hybridized carbons (Fsp3) is 0.857. The van der Waals surface area contributed by atoms with Crippen molar-refractivity contribution in [2.75, 3.05) is 28.0 Å². The number of thiol groups is 2. The molecule has 0 spiro atoms. The van der Waals surface area contributed by atoms with Crippen LogP contribution in [0.15, 0.2) is 0 Å². The Morgan fingerprint density at radius 2 is 1.62 bits per heavy atom. The van der Waals surface area contributed by atoms with Gasteiger partial charge < -0.3 is 24.2 Å². The Balaban J connectivity index is 0.000000506. The molecule has 0 aromatic rings. The predicted molar refractivity (Wildman–Crippen MR) is 117 cm³/mol. The van der Waals surface area contributed by atoms with Gasteiger partial charge in [-0.1, -0.05) is 50.6 Å². The van der Waals surface area contributed by atoms with Crippen molar-refractivity contribution >= 4 is 66.9 Å². The van der Waals surface area contributed by atoms with Crippen LogP contribution in [0.4, 0.5) is 0 Å². The van der Waals surface area contributed by atoms with Gasteiger partial charge in [0.2, 0.25) is 0 Å². The Kier molecular flexibility index (Phi) is 13.2. The van der Waals surface area contributed by atoms with E-state index in [1.54, 1.807) is 21.3 Å². The molecule has 1 fully saturated rings. The zero-order chi connectivity index (χ0) is 18.6. The Morgan fingerprint density at radius 1 is 1.08 bits per heavy atom. The zero-order valence-electron chi connectivity index (χ0n) is 14.9. The smallest absolute Gasteiger partial charge is 0.370 e. The summed E-state index contributed by atoms with van der Waals surface area (Å²) in [5, 5.41) is 5.33. The largest absolute Gasteiger partial charge is 0.396 e. The van der Waals surface area contributed by atoms with Crippen LogP contribution in [0.1, 0.15) is 39.0 Å². The number of methoxy groups -OCH3 is 1. The second kappa shape index (κ2) is 12.9. The van der Waals surface area contributed by atoms with Gasteiger partial charge in [0, 0.05) is 21.3 Å². The fourth-order valence-corrected chi connectivity index (χ4v) is 7.41. The summed E-state index contributed by atoms with van der Waals surface area (Å²) < 4.78 is 18.3. The average molecular weight is 431 g/mol. The standard InChI is InChI=1S/C11H24O3Si.C3H6N2S4/c1-5-8-11(12-2)9-6-7-10-15(11,13-3)14-4;6-2(7)4-1-5-3(8)9/h5-10H2,1-4H3;1H2,(H2,4,6,7)(H2,5,8,9). The molecule has 1 rings (SSSR count). The number of rotatable bonds is 7. The molecule has 1 heterocycles. The van der Waals surface area contributed by atoms with E-state index in [2.05, 4.69) is 67.3 Å². The lowest BCUT2D eigenvalue weighted by molar-refractivity contribution is -0.0149. The maximum Gasteiger partial charge on any atom is 0.370 e. The highest BCUT2D eigenvalue weighted by atomic mass is 32.1. The van der Waals surface area contributed by atoms with Crippen molar-refractivity contribution in [3.05, 3.63) is 0 Å². The monoisotopic (exact) mass is 430 g/mol. The van der Waals surface area contributed by atoms with Gasteiger partial charge in [-0.05, 0) is 18.9 Å². The molecule has 0 saturated carbocycles. The number of hydrogen-bond acceptors (Lipinski definition) is 5. The average Bonchev–Trinajstić information content (AvgIpc) is 2.55. The molecule has 24 heavy (non-hydrogen) atoms. The lowest BCUT2D eigenvalue weighted by atomic mass is 10.1. The quantitative estimate of drug-likeness (QED) is 0.214. The molecule has 0 radical (unpaired) electrons. The van der Waals surface area contributed by atoms with E-state index in [1.807, 2.05) is 0 Å². The van der Waals surface area contributed by atoms with Gasteiger partial charge in [-0.25, -0.2) is 0 Å². The molecule has 0 aromatic heterocycles. The number of nitrogens with one attached hydrogen (secondary N) is 2. The van der Waals surface area contributed by atoms with Crippen LogP contribution >= 0.6 is 49.7 Å². The third kappa shape index (κ3) is 7.44. The lowest BCUT2D eigenvalue weighted by Gasteiger charge is -2.47. The zero-order valence-corrected chi connectivity index (χ0v) is 19.3. The van der Waals surface area contributed by atoms with Crippen LogP contribution in [0.5, 0.6) is 0 Å². The highest BCUT2D eigenvalue weighted by Crippen LogP contribution is 2.42. The number of ether oxygens (including phenoxy) is 1. The predicted octanol–water partition coefficient (Wildman–Crippen LogP) is 3.18. The van der Waals surface area contributed by atoms with E-state index in [1.165, 1.54) is 12.8 Å². The summed E-state index contributed by atoms with van der Waals surface area (Å²) >= 11 is 16.8. The second-order valence-electron chi connectivity index (χ2n) is 5.46. The number of hydrogen-bond donors (Lipinski definition) is 4. The van der Waals surface area contributed by atoms with Crippen molar-refractivity contribution in [2.45, 2.75) is 50.3 Å². The van der Waals surface area contributed by atoms with Gasteiger partial charge in [0.15, 0.2) is 0 Å². The van der Waals surface area contributed by atoms with E-state index in [4.69, 9.17) is 13.6 Å². The molecule has 142 valence electrons. The van der Waals surface area contributed by atoms with Crippen molar-refractivity contribution < 1.29 is 13.6 Å². The van der Waals surface area contributed by atoms with Crippen LogP contribution in [-0.4, -0.2) is 50.4 Å². The molecule has 10 heteroatoms. The van der Waals surface area contributed by atoms with Crippen LogP contribution < -0.4 is 10.6 Å². The molecule has 1 unspecified atom stereocenters. The number of thiocarbonyl (C=S) groups is 2. The van der Waals surface area contributed by atoms with E-state index >= 15 is 0 Å². The summed E-state index contributed by atoms with van der Waals surface area (Å²) in [5.41, 5.74) is 0. The van der Waals surface area contributed by atoms with Crippen LogP contribution in [0.2, 0.25) is 6.04 Å². The molecule has 0 aliphatic carbocycles. The van der Waals surface area contributed by atoms with Crippen LogP contribution in [0, 0.1) is 0 Å². The third-order valence-corrected chi connectivity index (χ3v) is 9.24. The molecule has 0 amide bonds. The van der Waals surface area contributed by atoms with Crippen LogP contribution in [0.3, 0.4) is 0 Å². The SMILES string of the molecule is CCCC1(OC)CCCC[Si]1(OC)OC.S=C(S)NCNC(=S)S. The van der Waals surface area contributed by atoms with Gasteiger partial charge in [-0.15, -0.1) is 25.3 Å². The molecule has 1 atom stereocenters. The van der Waals surface area contributed by atoms with Crippen LogP contribution in [0.25, 0.3) is 0 Å². The lowest BCUT2D eigenvalue weighted by Crippen LogP contribution is -2.64. The minimum absolute atomic E-state index is 0.122. The summed E-state index contributed by atoms with van der Waals surface area (Å²) in [4.78, 5) is 0. The first-order valence-electron chi connectivity index (χ1n) is 7.92. The van der Waals surface area contributed by atoms with E-state index in [9.17, 15) is 0 Å². The molecular formula is C14H30N2O3S4Si.